The Balaban J connectivity index is 1.89. The van der Waals surface area contributed by atoms with Gasteiger partial charge in [0.1, 0.15) is 0 Å². The first-order chi connectivity index (χ1) is 7.98. The molecule has 0 radical (unpaired) electrons. The lowest BCUT2D eigenvalue weighted by Crippen LogP contribution is -2.55. The molecule has 2 N–H and O–H groups in total. The third-order valence-electron chi connectivity index (χ3n) is 3.71. The summed E-state index contributed by atoms with van der Waals surface area (Å²) in [5, 5.41) is 11.7. The van der Waals surface area contributed by atoms with Crippen LogP contribution in [0.3, 0.4) is 0 Å². The highest BCUT2D eigenvalue weighted by Gasteiger charge is 2.52. The summed E-state index contributed by atoms with van der Waals surface area (Å²) in [4.78, 5) is 23.0. The van der Waals surface area contributed by atoms with E-state index in [4.69, 9.17) is 9.84 Å². The fourth-order valence-electron chi connectivity index (χ4n) is 2.37. The lowest BCUT2D eigenvalue weighted by atomic mass is 10.0. The molecule has 2 aliphatic rings. The molecule has 0 heterocycles. The molecule has 0 aromatic heterocycles. The van der Waals surface area contributed by atoms with Crippen LogP contribution in [0.2, 0.25) is 0 Å². The second kappa shape index (κ2) is 4.29. The predicted octanol–water partition coefficient (Wildman–Crippen LogP) is 0.638. The van der Waals surface area contributed by atoms with Crippen molar-refractivity contribution in [3.8, 4) is 0 Å². The Labute approximate surface area is 101 Å². The summed E-state index contributed by atoms with van der Waals surface area (Å²) >= 11 is 0. The fraction of sp³-hybridized carbons (Fsp3) is 0.833. The Morgan fingerprint density at radius 1 is 1.47 bits per heavy atom. The first kappa shape index (κ1) is 12.4. The average molecular weight is 241 g/mol. The van der Waals surface area contributed by atoms with Crippen LogP contribution < -0.4 is 5.32 Å². The average Bonchev–Trinajstić information content (AvgIpc) is 3.10. The molecule has 96 valence electrons. The highest BCUT2D eigenvalue weighted by Crippen LogP contribution is 2.54. The molecule has 5 nitrogen and oxygen atoms in total. The number of carbonyl (C=O) groups is 2. The molecule has 0 aromatic rings. The van der Waals surface area contributed by atoms with Crippen LogP contribution in [0.25, 0.3) is 0 Å². The zero-order valence-corrected chi connectivity index (χ0v) is 10.2. The van der Waals surface area contributed by atoms with Crippen molar-refractivity contribution in [3.63, 3.8) is 0 Å². The number of carbonyl (C=O) groups excluding carboxylic acids is 1. The van der Waals surface area contributed by atoms with E-state index in [1.54, 1.807) is 0 Å². The first-order valence-electron chi connectivity index (χ1n) is 6.02. The summed E-state index contributed by atoms with van der Waals surface area (Å²) in [6.45, 7) is 1.46. The van der Waals surface area contributed by atoms with Crippen LogP contribution in [0.1, 0.15) is 26.2 Å². The minimum Gasteiger partial charge on any atom is -0.479 e. The van der Waals surface area contributed by atoms with E-state index in [2.05, 4.69) is 5.32 Å². The zero-order chi connectivity index (χ0) is 12.6. The minimum atomic E-state index is -1.32. The van der Waals surface area contributed by atoms with Gasteiger partial charge in [0.05, 0.1) is 6.61 Å². The summed E-state index contributed by atoms with van der Waals surface area (Å²) in [5.41, 5.74) is -1.32. The number of hydrogen-bond donors (Lipinski definition) is 2. The van der Waals surface area contributed by atoms with Gasteiger partial charge in [0.15, 0.2) is 5.54 Å². The maximum atomic E-state index is 11.9. The van der Waals surface area contributed by atoms with E-state index in [-0.39, 0.29) is 18.4 Å². The van der Waals surface area contributed by atoms with Crippen molar-refractivity contribution in [2.75, 3.05) is 13.7 Å². The topological polar surface area (TPSA) is 75.6 Å². The zero-order valence-electron chi connectivity index (χ0n) is 10.2. The van der Waals surface area contributed by atoms with Crippen molar-refractivity contribution in [1.82, 2.24) is 5.32 Å². The molecule has 2 rings (SSSR count). The maximum Gasteiger partial charge on any atom is 0.331 e. The van der Waals surface area contributed by atoms with Crippen molar-refractivity contribution in [2.45, 2.75) is 31.7 Å². The largest absolute Gasteiger partial charge is 0.479 e. The molecule has 0 spiro atoms. The second-order valence-corrected chi connectivity index (χ2v) is 5.40. The molecule has 3 atom stereocenters. The molecule has 0 unspecified atom stereocenters. The lowest BCUT2D eigenvalue weighted by Gasteiger charge is -2.25. The molecule has 0 saturated heterocycles. The number of amides is 1. The molecule has 0 aliphatic heterocycles. The van der Waals surface area contributed by atoms with Crippen LogP contribution in [0, 0.1) is 17.8 Å². The molecule has 17 heavy (non-hydrogen) atoms. The van der Waals surface area contributed by atoms with Crippen LogP contribution >= 0.6 is 0 Å². The third kappa shape index (κ3) is 2.60. The van der Waals surface area contributed by atoms with E-state index in [0.29, 0.717) is 11.8 Å². The van der Waals surface area contributed by atoms with Crippen LogP contribution in [0.5, 0.6) is 0 Å². The SMILES string of the molecule is COC[C@](C)(NC(=O)[C@@H]1C[C@H]1C1CC1)C(=O)O. The number of methoxy groups -OCH3 is 1. The monoisotopic (exact) mass is 241 g/mol. The van der Waals surface area contributed by atoms with Crippen molar-refractivity contribution in [3.05, 3.63) is 0 Å². The van der Waals surface area contributed by atoms with E-state index in [1.165, 1.54) is 26.9 Å². The Morgan fingerprint density at radius 3 is 2.59 bits per heavy atom. The number of aliphatic carboxylic acids is 1. The van der Waals surface area contributed by atoms with Crippen LogP contribution in [0.4, 0.5) is 0 Å². The minimum absolute atomic E-state index is 0.0190. The van der Waals surface area contributed by atoms with Gasteiger partial charge in [-0.3, -0.25) is 4.79 Å². The van der Waals surface area contributed by atoms with Crippen molar-refractivity contribution in [2.24, 2.45) is 17.8 Å². The first-order valence-corrected chi connectivity index (χ1v) is 6.02. The predicted molar refractivity (Wildman–Crippen MR) is 60.4 cm³/mol. The molecule has 2 fully saturated rings. The number of nitrogens with one attached hydrogen (secondary N) is 1. The maximum absolute atomic E-state index is 11.9. The van der Waals surface area contributed by atoms with Crippen molar-refractivity contribution in [1.29, 1.82) is 0 Å². The fourth-order valence-corrected chi connectivity index (χ4v) is 2.37. The van der Waals surface area contributed by atoms with Gasteiger partial charge in [-0.25, -0.2) is 4.79 Å². The normalized spacial score (nSPS) is 30.5. The number of rotatable bonds is 6. The lowest BCUT2D eigenvalue weighted by molar-refractivity contribution is -0.149. The van der Waals surface area contributed by atoms with Gasteiger partial charge in [-0.05, 0) is 38.0 Å². The second-order valence-electron chi connectivity index (χ2n) is 5.40. The van der Waals surface area contributed by atoms with E-state index in [9.17, 15) is 9.59 Å². The van der Waals surface area contributed by atoms with Crippen LogP contribution in [-0.2, 0) is 14.3 Å². The van der Waals surface area contributed by atoms with Gasteiger partial charge in [-0.2, -0.15) is 0 Å². The summed E-state index contributed by atoms with van der Waals surface area (Å²) in [6.07, 6.45) is 3.37. The van der Waals surface area contributed by atoms with Crippen molar-refractivity contribution < 1.29 is 19.4 Å². The van der Waals surface area contributed by atoms with Gasteiger partial charge >= 0.3 is 5.97 Å². The summed E-state index contributed by atoms with van der Waals surface area (Å²) in [6, 6.07) is 0. The van der Waals surface area contributed by atoms with E-state index in [0.717, 1.165) is 6.42 Å². The molecule has 2 saturated carbocycles. The summed E-state index contributed by atoms with van der Waals surface area (Å²) < 4.78 is 4.86. The number of ether oxygens (including phenoxy) is 1. The van der Waals surface area contributed by atoms with Crippen LogP contribution in [-0.4, -0.2) is 36.2 Å². The highest BCUT2D eigenvalue weighted by molar-refractivity contribution is 5.89. The Hall–Kier alpha value is -1.10. The Kier molecular flexibility index (Phi) is 3.12. The van der Waals surface area contributed by atoms with Gasteiger partial charge in [0, 0.05) is 13.0 Å². The van der Waals surface area contributed by atoms with E-state index < -0.39 is 11.5 Å². The van der Waals surface area contributed by atoms with Crippen molar-refractivity contribution >= 4 is 11.9 Å². The van der Waals surface area contributed by atoms with Gasteiger partial charge in [-0.1, -0.05) is 0 Å². The number of carboxylic acids is 1. The van der Waals surface area contributed by atoms with Gasteiger partial charge in [0.25, 0.3) is 0 Å². The molecule has 0 aromatic carbocycles. The molecular formula is C12H19NO4. The molecule has 0 bridgehead atoms. The summed E-state index contributed by atoms with van der Waals surface area (Å²) in [5.74, 6) is 0.0399. The quantitative estimate of drug-likeness (QED) is 0.715. The van der Waals surface area contributed by atoms with E-state index in [1.807, 2.05) is 0 Å². The Morgan fingerprint density at radius 2 is 2.12 bits per heavy atom. The summed E-state index contributed by atoms with van der Waals surface area (Å²) in [7, 11) is 1.43. The van der Waals surface area contributed by atoms with E-state index >= 15 is 0 Å². The standard InChI is InChI=1S/C12H19NO4/c1-12(6-17-2,11(15)16)13-10(14)9-5-8(9)7-3-4-7/h7-9H,3-6H2,1-2H3,(H,13,14)(H,15,16)/t8-,9+,12-/m0/s1. The number of carboxylic acid groups (broad SMARTS) is 1. The van der Waals surface area contributed by atoms with Gasteiger partial charge < -0.3 is 15.2 Å². The number of hydrogen-bond acceptors (Lipinski definition) is 3. The molecule has 1 amide bonds. The smallest absolute Gasteiger partial charge is 0.331 e. The van der Waals surface area contributed by atoms with Crippen LogP contribution in [0.15, 0.2) is 0 Å². The highest BCUT2D eigenvalue weighted by atomic mass is 16.5. The molecule has 5 heteroatoms. The third-order valence-corrected chi connectivity index (χ3v) is 3.71. The van der Waals surface area contributed by atoms with Gasteiger partial charge in [-0.15, -0.1) is 0 Å². The van der Waals surface area contributed by atoms with Gasteiger partial charge in [0.2, 0.25) is 5.91 Å². The molecular weight excluding hydrogens is 222 g/mol. The Bertz CT molecular complexity index is 339. The molecule has 2 aliphatic carbocycles.